The summed E-state index contributed by atoms with van der Waals surface area (Å²) in [4.78, 5) is 2.66. The average Bonchev–Trinajstić information content (AvgIpc) is 3.52. The molecule has 0 radical (unpaired) electrons. The molecule has 5 aromatic rings. The van der Waals surface area contributed by atoms with Crippen molar-refractivity contribution in [3.63, 3.8) is 0 Å². The fourth-order valence-corrected chi connectivity index (χ4v) is 49.8. The van der Waals surface area contributed by atoms with E-state index in [0.717, 1.165) is 42.3 Å². The quantitative estimate of drug-likeness (QED) is 0.0808. The van der Waals surface area contributed by atoms with Crippen LogP contribution in [0.15, 0.2) is 140 Å². The van der Waals surface area contributed by atoms with Crippen molar-refractivity contribution in [1.82, 2.24) is 9.34 Å². The van der Waals surface area contributed by atoms with Gasteiger partial charge in [-0.1, -0.05) is 0 Å². The normalized spacial score (nSPS) is 23.7. The van der Waals surface area contributed by atoms with E-state index < -0.39 is 24.6 Å². The molecule has 2 aliphatic rings. The molecule has 0 bridgehead atoms. The zero-order valence-corrected chi connectivity index (χ0v) is 44.4. The van der Waals surface area contributed by atoms with Crippen LogP contribution < -0.4 is 31.8 Å². The number of hydrogen-bond acceptors (Lipinski definition) is 2. The number of likely N-dealkylation sites (N-methyl/N-ethyl adjacent to an activating group) is 1. The summed E-state index contributed by atoms with van der Waals surface area (Å²) in [6.07, 6.45) is 8.18. The fraction of sp³-hybridized carbons (Fsp3) is 0.400. The fourth-order valence-electron chi connectivity index (χ4n) is 11.6. The Kier molecular flexibility index (Phi) is 15.0. The molecule has 7 rings (SSSR count). The van der Waals surface area contributed by atoms with E-state index in [1.807, 2.05) is 0 Å². The van der Waals surface area contributed by atoms with Gasteiger partial charge in [-0.2, -0.15) is 0 Å². The van der Waals surface area contributed by atoms with Crippen LogP contribution in [0.25, 0.3) is 0 Å². The first-order valence-electron chi connectivity index (χ1n) is 22.1. The molecule has 2 aliphatic heterocycles. The van der Waals surface area contributed by atoms with Crippen LogP contribution in [0.2, 0.25) is 0 Å². The molecule has 0 N–H and O–H groups in total. The molecular formula is C50H70I2N2P4. The van der Waals surface area contributed by atoms with Crippen LogP contribution in [-0.4, -0.2) is 64.9 Å². The van der Waals surface area contributed by atoms with Crippen molar-refractivity contribution in [2.75, 3.05) is 33.0 Å². The van der Waals surface area contributed by atoms with Gasteiger partial charge in [-0.15, -0.1) is 0 Å². The Bertz CT molecular complexity index is 1990. The van der Waals surface area contributed by atoms with Gasteiger partial charge in [0.15, 0.2) is 0 Å². The molecule has 0 saturated carbocycles. The van der Waals surface area contributed by atoms with Gasteiger partial charge in [-0.3, -0.25) is 0 Å². The molecule has 314 valence electrons. The molecule has 0 unspecified atom stereocenters. The monoisotopic (exact) mass is 1080 g/mol. The molecule has 0 aliphatic carbocycles. The van der Waals surface area contributed by atoms with Gasteiger partial charge in [0.1, 0.15) is 0 Å². The summed E-state index contributed by atoms with van der Waals surface area (Å²) in [5.41, 5.74) is 4.58. The van der Waals surface area contributed by atoms with E-state index in [4.69, 9.17) is 0 Å². The number of nitrogens with zero attached hydrogens (tertiary/aromatic N) is 2. The van der Waals surface area contributed by atoms with Gasteiger partial charge < -0.3 is 0 Å². The van der Waals surface area contributed by atoms with Crippen LogP contribution in [0.1, 0.15) is 72.3 Å². The average molecular weight is 1080 g/mol. The van der Waals surface area contributed by atoms with Crippen molar-refractivity contribution in [3.05, 3.63) is 145 Å². The first kappa shape index (κ1) is 45.2. The predicted octanol–water partition coefficient (Wildman–Crippen LogP) is 11.7. The third-order valence-electron chi connectivity index (χ3n) is 15.1. The Hall–Kier alpha value is -0.800. The SMILES string of the molecule is CC[PH]1(c2ccc(CN(C)CCN([PH](I)(c3ccccc3)c3ccccc3)[PH]3(I)[C@H](C)CC[C@H]3C)cc2[PH](C)(c2ccccc2)c2ccccc2)[C@H](C)CCC[C@H]1C. The summed E-state index contributed by atoms with van der Waals surface area (Å²) >= 11 is 6.07. The van der Waals surface area contributed by atoms with E-state index in [-0.39, 0.29) is 0 Å². The Morgan fingerprint density at radius 2 is 1.05 bits per heavy atom. The van der Waals surface area contributed by atoms with Crippen LogP contribution in [0.3, 0.4) is 0 Å². The number of rotatable bonds is 14. The van der Waals surface area contributed by atoms with Crippen molar-refractivity contribution < 1.29 is 0 Å². The maximum absolute atomic E-state index is 3.19. The van der Waals surface area contributed by atoms with Gasteiger partial charge in [-0.05, 0) is 0 Å². The molecule has 0 amide bonds. The van der Waals surface area contributed by atoms with Gasteiger partial charge >= 0.3 is 384 Å². The topological polar surface area (TPSA) is 6.48 Å². The molecule has 5 aromatic carbocycles. The second-order valence-electron chi connectivity index (χ2n) is 18.2. The molecular weight excluding hydrogens is 1010 g/mol. The molecule has 8 heteroatoms. The van der Waals surface area contributed by atoms with Gasteiger partial charge in [0.05, 0.1) is 0 Å². The van der Waals surface area contributed by atoms with E-state index in [0.29, 0.717) is 0 Å². The molecule has 2 heterocycles. The van der Waals surface area contributed by atoms with Crippen molar-refractivity contribution in [2.24, 2.45) is 0 Å². The second-order valence-corrected chi connectivity index (χ2v) is 44.7. The van der Waals surface area contributed by atoms with Crippen molar-refractivity contribution >= 4 is 101 Å². The summed E-state index contributed by atoms with van der Waals surface area (Å²) in [5.74, 6) is 0. The maximum atomic E-state index is 3.19. The van der Waals surface area contributed by atoms with E-state index in [1.165, 1.54) is 65.0 Å². The Morgan fingerprint density at radius 1 is 0.603 bits per heavy atom. The first-order valence-corrected chi connectivity index (χ1v) is 37.3. The summed E-state index contributed by atoms with van der Waals surface area (Å²) in [5, 5.41) is 5.37. The summed E-state index contributed by atoms with van der Waals surface area (Å²) < 4.78 is 3.19. The van der Waals surface area contributed by atoms with Crippen LogP contribution in [0.4, 0.5) is 0 Å². The van der Waals surface area contributed by atoms with Crippen LogP contribution >= 0.6 is 68.7 Å². The number of benzene rings is 5. The minimum absolute atomic E-state index is 0.760. The number of hydrogen-bond donors (Lipinski definition) is 0. The zero-order chi connectivity index (χ0) is 41.1. The minimum atomic E-state index is -2.37. The van der Waals surface area contributed by atoms with Gasteiger partial charge in [-0.25, -0.2) is 0 Å². The third kappa shape index (κ3) is 8.37. The molecule has 58 heavy (non-hydrogen) atoms. The van der Waals surface area contributed by atoms with E-state index in [9.17, 15) is 0 Å². The number of halogens is 2. The van der Waals surface area contributed by atoms with E-state index in [1.54, 1.807) is 10.6 Å². The molecule has 2 nitrogen and oxygen atoms in total. The zero-order valence-electron chi connectivity index (χ0n) is 36.1. The molecule has 2 saturated heterocycles. The standard InChI is InChI=1S/C50H70I2N2P4/c1-8-56(40(2)22-21-23-41(56)3)49-35-34-44(38-50(49)55(7,45-24-13-9-14-25-45)46-26-15-10-16-27-46)39-53(6)36-37-54(57(51)42(4)32-33-43(57)5)58(52,47-28-17-11-18-29-47)48-30-19-12-20-31-48/h9-20,24-31,34-35,38,40-43,55-58H,8,21-23,32-33,36-37,39H2,1-7H3/t40-,41-,42-,43-/m1/s1. The van der Waals surface area contributed by atoms with E-state index in [2.05, 4.69) is 241 Å². The first-order chi connectivity index (χ1) is 27.9. The van der Waals surface area contributed by atoms with Crippen molar-refractivity contribution in [3.8, 4) is 0 Å². The Balaban J connectivity index is 1.30. The van der Waals surface area contributed by atoms with Crippen molar-refractivity contribution in [2.45, 2.75) is 95.9 Å². The summed E-state index contributed by atoms with van der Waals surface area (Å²) in [6.45, 7) is 18.8. The van der Waals surface area contributed by atoms with E-state index >= 15 is 0 Å². The Labute approximate surface area is 380 Å². The predicted molar refractivity (Wildman–Crippen MR) is 292 cm³/mol. The van der Waals surface area contributed by atoms with Crippen LogP contribution in [-0.2, 0) is 6.54 Å². The third-order valence-corrected chi connectivity index (χ3v) is 52.6. The van der Waals surface area contributed by atoms with Gasteiger partial charge in [0.25, 0.3) is 0 Å². The van der Waals surface area contributed by atoms with Gasteiger partial charge in [0, 0.05) is 0 Å². The summed E-state index contributed by atoms with van der Waals surface area (Å²) in [6, 6.07) is 54.5. The van der Waals surface area contributed by atoms with Crippen LogP contribution in [0, 0.1) is 0 Å². The van der Waals surface area contributed by atoms with Gasteiger partial charge in [0.2, 0.25) is 0 Å². The van der Waals surface area contributed by atoms with Crippen LogP contribution in [0.5, 0.6) is 0 Å². The second kappa shape index (κ2) is 19.3. The molecule has 2 fully saturated rings. The Morgan fingerprint density at radius 3 is 1.50 bits per heavy atom. The summed E-state index contributed by atoms with van der Waals surface area (Å²) in [7, 11) is -1.83. The molecule has 4 atom stereocenters. The molecule has 0 aromatic heterocycles. The van der Waals surface area contributed by atoms with Crippen molar-refractivity contribution in [1.29, 1.82) is 0 Å². The molecule has 0 spiro atoms.